The molecule has 3 aromatic rings. The molecular weight excluding hydrogens is 430 g/mol. The quantitative estimate of drug-likeness (QED) is 0.365. The summed E-state index contributed by atoms with van der Waals surface area (Å²) in [4.78, 5) is 10.5. The first kappa shape index (κ1) is 20.2. The Kier molecular flexibility index (Phi) is 5.54. The zero-order valence-corrected chi connectivity index (χ0v) is 16.4. The van der Waals surface area contributed by atoms with Gasteiger partial charge in [0, 0.05) is 5.92 Å². The topological polar surface area (TPSA) is 47.9 Å². The van der Waals surface area contributed by atoms with E-state index in [1.54, 1.807) is 0 Å². The Bertz CT molecular complexity index is 1010. The fraction of sp³-hybridized carbons (Fsp3) is 0.316. The van der Waals surface area contributed by atoms with Crippen LogP contribution in [0.1, 0.15) is 35.0 Å². The maximum absolute atomic E-state index is 14.1. The summed E-state index contributed by atoms with van der Waals surface area (Å²) in [5.41, 5.74) is -0.611. The lowest BCUT2D eigenvalue weighted by Gasteiger charge is -2.33. The number of ether oxygens (including phenoxy) is 1. The summed E-state index contributed by atoms with van der Waals surface area (Å²) in [6, 6.07) is 9.63. The summed E-state index contributed by atoms with van der Waals surface area (Å²) in [5.74, 6) is -1.15. The normalized spacial score (nSPS) is 19.2. The Labute approximate surface area is 172 Å². The molecule has 4 nitrogen and oxygen atoms in total. The summed E-state index contributed by atoms with van der Waals surface area (Å²) < 4.78 is 60.3. The van der Waals surface area contributed by atoms with E-state index < -0.39 is 23.4 Å². The van der Waals surface area contributed by atoms with E-state index >= 15 is 0 Å². The van der Waals surface area contributed by atoms with Crippen molar-refractivity contribution in [3.05, 3.63) is 63.9 Å². The van der Waals surface area contributed by atoms with Crippen LogP contribution in [0.2, 0.25) is 5.28 Å². The van der Waals surface area contributed by atoms with Crippen LogP contribution in [-0.4, -0.2) is 21.1 Å². The molecule has 1 aliphatic carbocycles. The van der Waals surface area contributed by atoms with E-state index in [-0.39, 0.29) is 22.2 Å². The van der Waals surface area contributed by atoms with Crippen molar-refractivity contribution in [1.82, 2.24) is 15.0 Å². The predicted molar refractivity (Wildman–Crippen MR) is 100 cm³/mol. The fourth-order valence-electron chi connectivity index (χ4n) is 3.06. The van der Waals surface area contributed by atoms with Gasteiger partial charge in [-0.15, -0.1) is 11.3 Å². The second-order valence-corrected chi connectivity index (χ2v) is 8.02. The predicted octanol–water partition coefficient (Wildman–Crippen LogP) is 5.87. The van der Waals surface area contributed by atoms with Gasteiger partial charge in [0.1, 0.15) is 5.69 Å². The average Bonchev–Trinajstić information content (AvgIpc) is 3.08. The van der Waals surface area contributed by atoms with E-state index in [1.165, 1.54) is 0 Å². The van der Waals surface area contributed by atoms with Crippen molar-refractivity contribution in [3.63, 3.8) is 0 Å². The average molecular weight is 444 g/mol. The third kappa shape index (κ3) is 4.41. The third-order valence-electron chi connectivity index (χ3n) is 4.61. The van der Waals surface area contributed by atoms with Gasteiger partial charge in [-0.2, -0.15) is 13.2 Å². The highest BCUT2D eigenvalue weighted by Gasteiger charge is 2.42. The molecule has 1 saturated carbocycles. The van der Waals surface area contributed by atoms with Gasteiger partial charge < -0.3 is 4.74 Å². The Balaban J connectivity index is 1.51. The standard InChI is InChI=1S/C19H14ClF4N3OS/c20-18-25-8-13(21)14(26-18)15-16(19(22,23)24)27-17(29-15)11-6-12(7-11)28-9-10-4-2-1-3-5-10/h1-5,8,11-12H,6-7,9H2. The Morgan fingerprint density at radius 1 is 1.14 bits per heavy atom. The molecule has 0 saturated heterocycles. The largest absolute Gasteiger partial charge is 0.434 e. The van der Waals surface area contributed by atoms with Gasteiger partial charge in [-0.1, -0.05) is 30.3 Å². The van der Waals surface area contributed by atoms with E-state index in [4.69, 9.17) is 16.3 Å². The van der Waals surface area contributed by atoms with Crippen molar-refractivity contribution in [2.45, 2.75) is 37.6 Å². The molecule has 2 aromatic heterocycles. The third-order valence-corrected chi connectivity index (χ3v) is 6.02. The molecule has 10 heteroatoms. The van der Waals surface area contributed by atoms with Gasteiger partial charge in [0.15, 0.2) is 11.5 Å². The minimum Gasteiger partial charge on any atom is -0.373 e. The summed E-state index contributed by atoms with van der Waals surface area (Å²) in [7, 11) is 0. The first-order valence-corrected chi connectivity index (χ1v) is 9.92. The molecule has 0 N–H and O–H groups in total. The van der Waals surface area contributed by atoms with Crippen LogP contribution in [0, 0.1) is 5.82 Å². The van der Waals surface area contributed by atoms with Gasteiger partial charge >= 0.3 is 6.18 Å². The number of benzene rings is 1. The van der Waals surface area contributed by atoms with E-state index in [2.05, 4.69) is 15.0 Å². The van der Waals surface area contributed by atoms with Crippen LogP contribution in [0.25, 0.3) is 10.6 Å². The molecule has 0 aliphatic heterocycles. The molecule has 1 fully saturated rings. The zero-order chi connectivity index (χ0) is 20.6. The highest BCUT2D eigenvalue weighted by Crippen LogP contribution is 2.47. The molecule has 152 valence electrons. The molecule has 2 heterocycles. The second-order valence-electron chi connectivity index (χ2n) is 6.65. The van der Waals surface area contributed by atoms with Crippen LogP contribution in [0.4, 0.5) is 17.6 Å². The minimum atomic E-state index is -4.74. The van der Waals surface area contributed by atoms with Gasteiger partial charge in [0.2, 0.25) is 5.28 Å². The van der Waals surface area contributed by atoms with Gasteiger partial charge in [0.25, 0.3) is 0 Å². The maximum Gasteiger partial charge on any atom is 0.434 e. The van der Waals surface area contributed by atoms with Crippen LogP contribution >= 0.6 is 22.9 Å². The number of hydrogen-bond acceptors (Lipinski definition) is 5. The van der Waals surface area contributed by atoms with Gasteiger partial charge in [-0.25, -0.2) is 19.3 Å². The molecule has 1 aliphatic rings. The molecule has 4 rings (SSSR count). The first-order valence-electron chi connectivity index (χ1n) is 8.73. The molecule has 0 radical (unpaired) electrons. The molecule has 0 bridgehead atoms. The van der Waals surface area contributed by atoms with Crippen molar-refractivity contribution in [3.8, 4) is 10.6 Å². The van der Waals surface area contributed by atoms with E-state index in [0.717, 1.165) is 23.1 Å². The Morgan fingerprint density at radius 3 is 2.55 bits per heavy atom. The number of halogens is 5. The van der Waals surface area contributed by atoms with Crippen LogP contribution in [0.3, 0.4) is 0 Å². The van der Waals surface area contributed by atoms with E-state index in [0.29, 0.717) is 24.5 Å². The van der Waals surface area contributed by atoms with Crippen molar-refractivity contribution in [1.29, 1.82) is 0 Å². The fourth-order valence-corrected chi connectivity index (χ4v) is 4.40. The van der Waals surface area contributed by atoms with Crippen molar-refractivity contribution >= 4 is 22.9 Å². The molecule has 29 heavy (non-hydrogen) atoms. The molecule has 0 atom stereocenters. The van der Waals surface area contributed by atoms with Gasteiger partial charge in [-0.05, 0) is 30.0 Å². The lowest BCUT2D eigenvalue weighted by atomic mass is 9.83. The monoisotopic (exact) mass is 443 g/mol. The van der Waals surface area contributed by atoms with E-state index in [9.17, 15) is 17.6 Å². The van der Waals surface area contributed by atoms with Crippen molar-refractivity contribution in [2.75, 3.05) is 0 Å². The van der Waals surface area contributed by atoms with Crippen molar-refractivity contribution in [2.24, 2.45) is 0 Å². The Hall–Kier alpha value is -2.10. The number of alkyl halides is 3. The first-order chi connectivity index (χ1) is 13.8. The lowest BCUT2D eigenvalue weighted by Crippen LogP contribution is -2.29. The number of aromatic nitrogens is 3. The van der Waals surface area contributed by atoms with Crippen LogP contribution in [-0.2, 0) is 17.5 Å². The van der Waals surface area contributed by atoms with Crippen molar-refractivity contribution < 1.29 is 22.3 Å². The molecule has 0 unspecified atom stereocenters. The molecule has 0 amide bonds. The SMILES string of the molecule is Fc1cnc(Cl)nc1-c1sc(C2CC(OCc3ccccc3)C2)nc1C(F)(F)F. The van der Waals surface area contributed by atoms with Gasteiger partial charge in [-0.3, -0.25) is 0 Å². The highest BCUT2D eigenvalue weighted by molar-refractivity contribution is 7.15. The van der Waals surface area contributed by atoms with Crippen LogP contribution in [0.5, 0.6) is 0 Å². The van der Waals surface area contributed by atoms with Crippen LogP contribution in [0.15, 0.2) is 36.5 Å². The lowest BCUT2D eigenvalue weighted by molar-refractivity contribution is -0.140. The number of rotatable bonds is 5. The van der Waals surface area contributed by atoms with Crippen LogP contribution < -0.4 is 0 Å². The number of nitrogens with zero attached hydrogens (tertiary/aromatic N) is 3. The maximum atomic E-state index is 14.1. The Morgan fingerprint density at radius 2 is 1.86 bits per heavy atom. The summed E-state index contributed by atoms with van der Waals surface area (Å²) in [6.07, 6.45) is -2.91. The van der Waals surface area contributed by atoms with E-state index in [1.807, 2.05) is 30.3 Å². The smallest absolute Gasteiger partial charge is 0.373 e. The number of thiazole rings is 1. The minimum absolute atomic E-state index is 0.0490. The summed E-state index contributed by atoms with van der Waals surface area (Å²) in [6.45, 7) is 0.444. The molecule has 1 aromatic carbocycles. The van der Waals surface area contributed by atoms with Gasteiger partial charge in [0.05, 0.1) is 28.8 Å². The zero-order valence-electron chi connectivity index (χ0n) is 14.8. The second kappa shape index (κ2) is 7.97. The highest BCUT2D eigenvalue weighted by atomic mass is 35.5. The molecule has 0 spiro atoms. The number of hydrogen-bond donors (Lipinski definition) is 0. The summed E-state index contributed by atoms with van der Waals surface area (Å²) in [5, 5.41) is -0.0384. The summed E-state index contributed by atoms with van der Waals surface area (Å²) >= 11 is 6.43. The molecular formula is C19H14ClF4N3OS.